The summed E-state index contributed by atoms with van der Waals surface area (Å²) in [5, 5.41) is 10.6. The van der Waals surface area contributed by atoms with Gasteiger partial charge in [0.25, 0.3) is 0 Å². The first-order chi connectivity index (χ1) is 16.0. The number of carbonyl (C=O) groups excluding carboxylic acids is 1. The van der Waals surface area contributed by atoms with Gasteiger partial charge in [-0.15, -0.1) is 5.92 Å². The molecule has 1 heterocycles. The zero-order chi connectivity index (χ0) is 25.6. The standard InChI is InChI=1S/C29H51NO4/c1-8-9-10-11-12-13-14-15-17-20-24(2)21-18-16-19-22-26(31)25-23-33-29(6,7)30(25)27(32)34-28(3,4)5/h21,25-26,31H,8-18,20,23H2,1-7H3/b24-21+/t25-,26+/m0/s1. The topological polar surface area (TPSA) is 59.0 Å². The van der Waals surface area contributed by atoms with Gasteiger partial charge >= 0.3 is 6.09 Å². The number of amides is 1. The number of hydrogen-bond donors (Lipinski definition) is 1. The van der Waals surface area contributed by atoms with Gasteiger partial charge in [-0.05, 0) is 60.8 Å². The van der Waals surface area contributed by atoms with Crippen LogP contribution in [-0.2, 0) is 9.47 Å². The van der Waals surface area contributed by atoms with Gasteiger partial charge in [0.15, 0.2) is 0 Å². The van der Waals surface area contributed by atoms with Crippen molar-refractivity contribution in [3.8, 4) is 11.8 Å². The summed E-state index contributed by atoms with van der Waals surface area (Å²) >= 11 is 0. The molecule has 0 saturated carbocycles. The SMILES string of the molecule is CCCCCCCCCCC/C(C)=C/CCC#C[C@@H](O)[C@@H]1COC(C)(C)N1C(=O)OC(C)(C)C. The lowest BCUT2D eigenvalue weighted by atomic mass is 10.0. The van der Waals surface area contributed by atoms with Crippen LogP contribution in [0.25, 0.3) is 0 Å². The predicted molar refractivity (Wildman–Crippen MR) is 141 cm³/mol. The van der Waals surface area contributed by atoms with Gasteiger partial charge in [0.2, 0.25) is 0 Å². The number of hydrogen-bond acceptors (Lipinski definition) is 4. The molecule has 0 bridgehead atoms. The Morgan fingerprint density at radius 3 is 2.32 bits per heavy atom. The number of carbonyl (C=O) groups is 1. The first-order valence-electron chi connectivity index (χ1n) is 13.5. The summed E-state index contributed by atoms with van der Waals surface area (Å²) in [6.07, 6.45) is 15.7. The summed E-state index contributed by atoms with van der Waals surface area (Å²) in [5.74, 6) is 5.99. The number of unbranched alkanes of at least 4 members (excludes halogenated alkanes) is 9. The van der Waals surface area contributed by atoms with Gasteiger partial charge in [0.05, 0.1) is 12.6 Å². The fourth-order valence-electron chi connectivity index (χ4n) is 4.21. The van der Waals surface area contributed by atoms with Crippen LogP contribution >= 0.6 is 0 Å². The maximum absolute atomic E-state index is 12.7. The summed E-state index contributed by atoms with van der Waals surface area (Å²) < 4.78 is 11.3. The number of rotatable bonds is 13. The quantitative estimate of drug-likeness (QED) is 0.171. The number of allylic oxidation sites excluding steroid dienone is 2. The Kier molecular flexibility index (Phi) is 13.9. The molecule has 0 aromatic carbocycles. The molecule has 1 amide bonds. The molecule has 0 unspecified atom stereocenters. The second-order valence-electron chi connectivity index (χ2n) is 11.1. The van der Waals surface area contributed by atoms with Crippen molar-refractivity contribution < 1.29 is 19.4 Å². The van der Waals surface area contributed by atoms with Crippen molar-refractivity contribution in [2.24, 2.45) is 0 Å². The molecule has 5 heteroatoms. The third kappa shape index (κ3) is 12.3. The van der Waals surface area contributed by atoms with Crippen LogP contribution in [0.3, 0.4) is 0 Å². The minimum Gasteiger partial charge on any atom is -0.444 e. The van der Waals surface area contributed by atoms with Gasteiger partial charge < -0.3 is 14.6 Å². The first-order valence-corrected chi connectivity index (χ1v) is 13.5. The monoisotopic (exact) mass is 477 g/mol. The first kappa shape index (κ1) is 30.5. The largest absolute Gasteiger partial charge is 0.444 e. The maximum atomic E-state index is 12.7. The summed E-state index contributed by atoms with van der Waals surface area (Å²) in [4.78, 5) is 14.2. The molecule has 0 aliphatic carbocycles. The number of aliphatic hydroxyl groups excluding tert-OH is 1. The van der Waals surface area contributed by atoms with E-state index in [0.29, 0.717) is 6.42 Å². The van der Waals surface area contributed by atoms with E-state index in [1.165, 1.54) is 68.3 Å². The predicted octanol–water partition coefficient (Wildman–Crippen LogP) is 7.37. The molecule has 1 aliphatic rings. The highest BCUT2D eigenvalue weighted by Crippen LogP contribution is 2.30. The van der Waals surface area contributed by atoms with E-state index in [2.05, 4.69) is 31.8 Å². The zero-order valence-corrected chi connectivity index (χ0v) is 23.0. The number of ether oxygens (including phenoxy) is 2. The van der Waals surface area contributed by atoms with Gasteiger partial charge in [-0.3, -0.25) is 4.90 Å². The minimum absolute atomic E-state index is 0.236. The Bertz CT molecular complexity index is 680. The lowest BCUT2D eigenvalue weighted by molar-refractivity contribution is -0.0658. The van der Waals surface area contributed by atoms with Crippen LogP contribution in [0.5, 0.6) is 0 Å². The number of nitrogens with zero attached hydrogens (tertiary/aromatic N) is 1. The van der Waals surface area contributed by atoms with Crippen molar-refractivity contribution in [2.45, 2.75) is 149 Å². The second-order valence-corrected chi connectivity index (χ2v) is 11.1. The molecule has 5 nitrogen and oxygen atoms in total. The van der Waals surface area contributed by atoms with Gasteiger partial charge in [0, 0.05) is 6.42 Å². The van der Waals surface area contributed by atoms with Crippen LogP contribution in [0.1, 0.15) is 126 Å². The van der Waals surface area contributed by atoms with Crippen molar-refractivity contribution in [3.63, 3.8) is 0 Å². The summed E-state index contributed by atoms with van der Waals surface area (Å²) in [5.41, 5.74) is -0.0349. The van der Waals surface area contributed by atoms with Crippen molar-refractivity contribution in [2.75, 3.05) is 6.61 Å². The van der Waals surface area contributed by atoms with Crippen molar-refractivity contribution in [1.82, 2.24) is 4.90 Å². The van der Waals surface area contributed by atoms with Crippen molar-refractivity contribution in [1.29, 1.82) is 0 Å². The highest BCUT2D eigenvalue weighted by molar-refractivity contribution is 5.70. The van der Waals surface area contributed by atoms with E-state index in [4.69, 9.17) is 9.47 Å². The van der Waals surface area contributed by atoms with Gasteiger partial charge in [-0.2, -0.15) is 0 Å². The molecule has 1 rings (SSSR count). The highest BCUT2D eigenvalue weighted by atomic mass is 16.6. The Morgan fingerprint density at radius 1 is 1.15 bits per heavy atom. The normalized spacial score (nSPS) is 19.0. The van der Waals surface area contributed by atoms with Crippen LogP contribution in [0, 0.1) is 11.8 Å². The Labute approximate surface area is 209 Å². The van der Waals surface area contributed by atoms with E-state index in [9.17, 15) is 9.90 Å². The Balaban J connectivity index is 2.35. The zero-order valence-electron chi connectivity index (χ0n) is 23.0. The van der Waals surface area contributed by atoms with Gasteiger partial charge in [-0.1, -0.05) is 75.9 Å². The molecular weight excluding hydrogens is 426 g/mol. The molecule has 0 radical (unpaired) electrons. The molecule has 2 atom stereocenters. The lowest BCUT2D eigenvalue weighted by Crippen LogP contribution is -2.53. The fourth-order valence-corrected chi connectivity index (χ4v) is 4.21. The van der Waals surface area contributed by atoms with Crippen LogP contribution in [0.4, 0.5) is 4.79 Å². The fraction of sp³-hybridized carbons (Fsp3) is 0.828. The Morgan fingerprint density at radius 2 is 1.74 bits per heavy atom. The molecule has 34 heavy (non-hydrogen) atoms. The van der Waals surface area contributed by atoms with Crippen LogP contribution in [0.15, 0.2) is 11.6 Å². The Hall–Kier alpha value is -1.51. The van der Waals surface area contributed by atoms with Crippen LogP contribution < -0.4 is 0 Å². The summed E-state index contributed by atoms with van der Waals surface area (Å²) in [6, 6.07) is -0.540. The lowest BCUT2D eigenvalue weighted by Gasteiger charge is -2.35. The molecule has 196 valence electrons. The van der Waals surface area contributed by atoms with E-state index < -0.39 is 29.6 Å². The van der Waals surface area contributed by atoms with E-state index in [1.807, 2.05) is 20.8 Å². The highest BCUT2D eigenvalue weighted by Gasteiger charge is 2.48. The third-order valence-electron chi connectivity index (χ3n) is 6.16. The summed E-state index contributed by atoms with van der Waals surface area (Å²) in [7, 11) is 0. The molecule has 1 fully saturated rings. The molecule has 0 aromatic heterocycles. The number of aliphatic hydroxyl groups is 1. The van der Waals surface area contributed by atoms with Gasteiger partial charge in [-0.25, -0.2) is 4.79 Å². The van der Waals surface area contributed by atoms with Crippen molar-refractivity contribution in [3.05, 3.63) is 11.6 Å². The van der Waals surface area contributed by atoms with E-state index in [1.54, 1.807) is 13.8 Å². The van der Waals surface area contributed by atoms with E-state index >= 15 is 0 Å². The maximum Gasteiger partial charge on any atom is 0.413 e. The van der Waals surface area contributed by atoms with Crippen LogP contribution in [-0.4, -0.2) is 46.2 Å². The average molecular weight is 478 g/mol. The molecular formula is C29H51NO4. The second kappa shape index (κ2) is 15.5. The van der Waals surface area contributed by atoms with Crippen LogP contribution in [0.2, 0.25) is 0 Å². The molecule has 0 aromatic rings. The molecule has 0 spiro atoms. The smallest absolute Gasteiger partial charge is 0.413 e. The summed E-state index contributed by atoms with van der Waals surface area (Å²) in [6.45, 7) is 13.8. The molecule has 1 saturated heterocycles. The van der Waals surface area contributed by atoms with Gasteiger partial charge in [0.1, 0.15) is 17.4 Å². The average Bonchev–Trinajstić information content (AvgIpc) is 3.06. The molecule has 1 aliphatic heterocycles. The van der Waals surface area contributed by atoms with E-state index in [-0.39, 0.29) is 6.61 Å². The molecule has 1 N–H and O–H groups in total. The van der Waals surface area contributed by atoms with E-state index in [0.717, 1.165) is 12.8 Å². The van der Waals surface area contributed by atoms with Crippen molar-refractivity contribution >= 4 is 6.09 Å². The third-order valence-corrected chi connectivity index (χ3v) is 6.16. The minimum atomic E-state index is -0.971.